The highest BCUT2D eigenvalue weighted by atomic mass is 16.5. The summed E-state index contributed by atoms with van der Waals surface area (Å²) < 4.78 is 5.85. The molecule has 21 heavy (non-hydrogen) atoms. The number of nitrogens with zero attached hydrogens (tertiary/aromatic N) is 1. The van der Waals surface area contributed by atoms with Crippen molar-refractivity contribution in [1.29, 1.82) is 0 Å². The number of rotatable bonds is 3. The quantitative estimate of drug-likeness (QED) is 0.811. The molecule has 2 saturated heterocycles. The summed E-state index contributed by atoms with van der Waals surface area (Å²) in [5.41, 5.74) is 0. The summed E-state index contributed by atoms with van der Waals surface area (Å²) in [6.07, 6.45) is 9.21. The van der Waals surface area contributed by atoms with E-state index >= 15 is 0 Å². The zero-order valence-corrected chi connectivity index (χ0v) is 13.4. The van der Waals surface area contributed by atoms with E-state index in [2.05, 4.69) is 17.1 Å². The monoisotopic (exact) mass is 294 g/mol. The van der Waals surface area contributed by atoms with Crippen LogP contribution in [0.25, 0.3) is 0 Å². The van der Waals surface area contributed by atoms with Gasteiger partial charge in [-0.1, -0.05) is 6.92 Å². The number of nitrogens with one attached hydrogen (secondary N) is 1. The molecule has 0 spiro atoms. The summed E-state index contributed by atoms with van der Waals surface area (Å²) in [5, 5.41) is 3.41. The topological polar surface area (TPSA) is 41.6 Å². The first-order valence-electron chi connectivity index (χ1n) is 8.91. The molecule has 1 N–H and O–H groups in total. The molecule has 0 amide bonds. The summed E-state index contributed by atoms with van der Waals surface area (Å²) in [6, 6.07) is 0.616. The standard InChI is InChI=1S/C17H30N2O2/c1-13-4-6-15(7-5-13)21-17(20)16-3-2-12-19(16)14-8-10-18-11-9-14/h13-16,18H,2-12H2,1H3. The van der Waals surface area contributed by atoms with E-state index < -0.39 is 0 Å². The summed E-state index contributed by atoms with van der Waals surface area (Å²) in [5.74, 6) is 0.864. The van der Waals surface area contributed by atoms with E-state index in [-0.39, 0.29) is 18.1 Å². The average molecular weight is 294 g/mol. The molecule has 4 nitrogen and oxygen atoms in total. The molecule has 2 aliphatic heterocycles. The highest BCUT2D eigenvalue weighted by Crippen LogP contribution is 2.29. The smallest absolute Gasteiger partial charge is 0.323 e. The van der Waals surface area contributed by atoms with E-state index in [1.165, 1.54) is 25.7 Å². The van der Waals surface area contributed by atoms with Crippen molar-refractivity contribution >= 4 is 5.97 Å². The fourth-order valence-electron chi connectivity index (χ4n) is 4.21. The second-order valence-electron chi connectivity index (χ2n) is 7.20. The summed E-state index contributed by atoms with van der Waals surface area (Å²) >= 11 is 0. The van der Waals surface area contributed by atoms with Gasteiger partial charge in [-0.15, -0.1) is 0 Å². The Bertz CT molecular complexity index is 347. The molecule has 1 atom stereocenters. The van der Waals surface area contributed by atoms with Gasteiger partial charge in [0, 0.05) is 6.04 Å². The lowest BCUT2D eigenvalue weighted by Gasteiger charge is -2.35. The lowest BCUT2D eigenvalue weighted by Crippen LogP contribution is -2.48. The van der Waals surface area contributed by atoms with Crippen LogP contribution in [-0.2, 0) is 9.53 Å². The highest BCUT2D eigenvalue weighted by Gasteiger charge is 2.37. The van der Waals surface area contributed by atoms with Crippen LogP contribution in [0.3, 0.4) is 0 Å². The van der Waals surface area contributed by atoms with Gasteiger partial charge in [0.1, 0.15) is 12.1 Å². The van der Waals surface area contributed by atoms with Gasteiger partial charge in [0.15, 0.2) is 0 Å². The Morgan fingerprint density at radius 1 is 1.05 bits per heavy atom. The minimum atomic E-state index is 0.0347. The molecule has 0 aromatic heterocycles. The second kappa shape index (κ2) is 7.10. The maximum absolute atomic E-state index is 12.6. The van der Waals surface area contributed by atoms with Crippen LogP contribution < -0.4 is 5.32 Å². The van der Waals surface area contributed by atoms with Gasteiger partial charge in [-0.25, -0.2) is 0 Å². The van der Waals surface area contributed by atoms with Crippen molar-refractivity contribution in [2.45, 2.75) is 76.5 Å². The second-order valence-corrected chi connectivity index (χ2v) is 7.20. The number of hydrogen-bond acceptors (Lipinski definition) is 4. The Kier molecular flexibility index (Phi) is 5.17. The molecular formula is C17H30N2O2. The van der Waals surface area contributed by atoms with Gasteiger partial charge >= 0.3 is 5.97 Å². The van der Waals surface area contributed by atoms with E-state index in [0.717, 1.165) is 51.2 Å². The van der Waals surface area contributed by atoms with Gasteiger partial charge in [0.2, 0.25) is 0 Å². The van der Waals surface area contributed by atoms with Crippen molar-refractivity contribution in [2.75, 3.05) is 19.6 Å². The van der Waals surface area contributed by atoms with Crippen LogP contribution >= 0.6 is 0 Å². The minimum absolute atomic E-state index is 0.0347. The average Bonchev–Trinajstić information content (AvgIpc) is 3.00. The number of carbonyl (C=O) groups is 1. The van der Waals surface area contributed by atoms with E-state index in [1.54, 1.807) is 0 Å². The number of esters is 1. The van der Waals surface area contributed by atoms with Crippen LogP contribution in [0.5, 0.6) is 0 Å². The molecule has 3 aliphatic rings. The first kappa shape index (κ1) is 15.3. The third-order valence-electron chi connectivity index (χ3n) is 5.59. The highest BCUT2D eigenvalue weighted by molar-refractivity contribution is 5.76. The molecule has 3 rings (SSSR count). The number of hydrogen-bond donors (Lipinski definition) is 1. The first-order chi connectivity index (χ1) is 10.2. The van der Waals surface area contributed by atoms with Gasteiger partial charge in [-0.2, -0.15) is 0 Å². The summed E-state index contributed by atoms with van der Waals surface area (Å²) in [6.45, 7) is 5.55. The van der Waals surface area contributed by atoms with Crippen molar-refractivity contribution < 1.29 is 9.53 Å². The largest absolute Gasteiger partial charge is 0.461 e. The molecule has 1 aliphatic carbocycles. The molecule has 120 valence electrons. The van der Waals surface area contributed by atoms with Crippen molar-refractivity contribution in [3.8, 4) is 0 Å². The maximum atomic E-state index is 12.6. The van der Waals surface area contributed by atoms with Crippen molar-refractivity contribution in [3.05, 3.63) is 0 Å². The van der Waals surface area contributed by atoms with Crippen molar-refractivity contribution in [2.24, 2.45) is 5.92 Å². The molecule has 1 saturated carbocycles. The molecule has 4 heteroatoms. The van der Waals surface area contributed by atoms with Crippen LogP contribution in [0.4, 0.5) is 0 Å². The van der Waals surface area contributed by atoms with Crippen LogP contribution in [0.1, 0.15) is 58.3 Å². The normalized spacial score (nSPS) is 35.8. The third-order valence-corrected chi connectivity index (χ3v) is 5.59. The number of carbonyl (C=O) groups excluding carboxylic acids is 1. The molecule has 1 unspecified atom stereocenters. The molecular weight excluding hydrogens is 264 g/mol. The zero-order valence-electron chi connectivity index (χ0n) is 13.4. The molecule has 3 fully saturated rings. The van der Waals surface area contributed by atoms with Gasteiger partial charge in [-0.05, 0) is 76.9 Å². The van der Waals surface area contributed by atoms with Crippen molar-refractivity contribution in [3.63, 3.8) is 0 Å². The number of ether oxygens (including phenoxy) is 1. The third kappa shape index (κ3) is 3.78. The van der Waals surface area contributed by atoms with E-state index in [4.69, 9.17) is 4.74 Å². The minimum Gasteiger partial charge on any atom is -0.461 e. The Morgan fingerprint density at radius 3 is 2.48 bits per heavy atom. The zero-order chi connectivity index (χ0) is 14.7. The number of likely N-dealkylation sites (tertiary alicyclic amines) is 1. The Hall–Kier alpha value is -0.610. The van der Waals surface area contributed by atoms with Gasteiger partial charge < -0.3 is 10.1 Å². The Morgan fingerprint density at radius 2 is 1.76 bits per heavy atom. The van der Waals surface area contributed by atoms with Gasteiger partial charge in [-0.3, -0.25) is 9.69 Å². The fraction of sp³-hybridized carbons (Fsp3) is 0.941. The Labute approximate surface area is 128 Å². The SMILES string of the molecule is CC1CCC(OC(=O)C2CCCN2C2CCNCC2)CC1. The van der Waals surface area contributed by atoms with Crippen LogP contribution in [-0.4, -0.2) is 48.7 Å². The van der Waals surface area contributed by atoms with E-state index in [0.29, 0.717) is 6.04 Å². The predicted octanol–water partition coefficient (Wildman–Crippen LogP) is 2.32. The van der Waals surface area contributed by atoms with Crippen LogP contribution in [0, 0.1) is 5.92 Å². The lowest BCUT2D eigenvalue weighted by atomic mass is 9.89. The molecule has 0 bridgehead atoms. The lowest BCUT2D eigenvalue weighted by molar-refractivity contribution is -0.157. The van der Waals surface area contributed by atoms with Crippen LogP contribution in [0.15, 0.2) is 0 Å². The van der Waals surface area contributed by atoms with Crippen LogP contribution in [0.2, 0.25) is 0 Å². The maximum Gasteiger partial charge on any atom is 0.323 e. The first-order valence-corrected chi connectivity index (χ1v) is 8.91. The van der Waals surface area contributed by atoms with Gasteiger partial charge in [0.25, 0.3) is 0 Å². The van der Waals surface area contributed by atoms with Crippen molar-refractivity contribution in [1.82, 2.24) is 10.2 Å². The molecule has 0 radical (unpaired) electrons. The Balaban J connectivity index is 1.53. The van der Waals surface area contributed by atoms with E-state index in [9.17, 15) is 4.79 Å². The summed E-state index contributed by atoms with van der Waals surface area (Å²) in [7, 11) is 0. The summed E-state index contributed by atoms with van der Waals surface area (Å²) in [4.78, 5) is 15.0. The molecule has 0 aromatic carbocycles. The number of piperidine rings is 1. The van der Waals surface area contributed by atoms with Gasteiger partial charge in [0.05, 0.1) is 0 Å². The van der Waals surface area contributed by atoms with E-state index in [1.807, 2.05) is 0 Å². The molecule has 2 heterocycles. The predicted molar refractivity (Wildman–Crippen MR) is 83.1 cm³/mol. The fourth-order valence-corrected chi connectivity index (χ4v) is 4.21. The molecule has 0 aromatic rings.